The molecule has 158 valence electrons. The number of likely N-dealkylation sites (N-methyl/N-ethyl adjacent to an activating group) is 1. The lowest BCUT2D eigenvalue weighted by Gasteiger charge is -2.21. The van der Waals surface area contributed by atoms with Crippen LogP contribution in [-0.4, -0.2) is 35.6 Å². The fourth-order valence-electron chi connectivity index (χ4n) is 3.47. The molecule has 1 unspecified atom stereocenters. The van der Waals surface area contributed by atoms with E-state index in [0.29, 0.717) is 22.6 Å². The fourth-order valence-corrected chi connectivity index (χ4v) is 3.47. The van der Waals surface area contributed by atoms with Crippen molar-refractivity contribution in [3.63, 3.8) is 0 Å². The SMILES string of the molecule is CNCC(C)c1ccc(N(C)c2ccc(Oc3nc4cnccc4c(=O)[nH]3)cc2)cc1. The Labute approximate surface area is 180 Å². The largest absolute Gasteiger partial charge is 0.426 e. The molecule has 2 aromatic heterocycles. The van der Waals surface area contributed by atoms with Crippen LogP contribution in [0.15, 0.2) is 71.8 Å². The average molecular weight is 415 g/mol. The van der Waals surface area contributed by atoms with Crippen molar-refractivity contribution in [3.8, 4) is 11.8 Å². The zero-order valence-electron chi connectivity index (χ0n) is 17.8. The molecule has 7 heteroatoms. The van der Waals surface area contributed by atoms with E-state index in [4.69, 9.17) is 4.74 Å². The molecular formula is C24H25N5O2. The van der Waals surface area contributed by atoms with E-state index in [2.05, 4.69) is 56.4 Å². The van der Waals surface area contributed by atoms with Crippen molar-refractivity contribution in [2.24, 2.45) is 0 Å². The molecule has 2 aromatic carbocycles. The van der Waals surface area contributed by atoms with E-state index >= 15 is 0 Å². The number of nitrogens with one attached hydrogen (secondary N) is 2. The first-order chi connectivity index (χ1) is 15.0. The molecule has 0 spiro atoms. The standard InChI is InChI=1S/C24H25N5O2/c1-16(14-25-2)17-4-6-18(7-5-17)29(3)19-8-10-20(11-9-19)31-24-27-22-15-26-13-12-21(22)23(30)28-24/h4-13,15-16,25H,14H2,1-3H3,(H,27,28,30). The minimum atomic E-state index is -0.258. The normalized spacial score (nSPS) is 12.0. The Balaban J connectivity index is 1.48. The van der Waals surface area contributed by atoms with Crippen molar-refractivity contribution in [1.82, 2.24) is 20.3 Å². The van der Waals surface area contributed by atoms with Gasteiger partial charge in [-0.05, 0) is 61.0 Å². The molecule has 4 rings (SSSR count). The zero-order chi connectivity index (χ0) is 21.8. The van der Waals surface area contributed by atoms with E-state index in [-0.39, 0.29) is 11.6 Å². The van der Waals surface area contributed by atoms with Crippen LogP contribution in [-0.2, 0) is 0 Å². The van der Waals surface area contributed by atoms with Crippen molar-refractivity contribution in [2.45, 2.75) is 12.8 Å². The van der Waals surface area contributed by atoms with E-state index < -0.39 is 0 Å². The minimum absolute atomic E-state index is 0.137. The lowest BCUT2D eigenvalue weighted by molar-refractivity contribution is 0.443. The Bertz CT molecular complexity index is 1220. The van der Waals surface area contributed by atoms with Gasteiger partial charge in [0.05, 0.1) is 17.1 Å². The van der Waals surface area contributed by atoms with Crippen molar-refractivity contribution >= 4 is 22.3 Å². The lowest BCUT2D eigenvalue weighted by Crippen LogP contribution is -2.15. The smallest absolute Gasteiger partial charge is 0.302 e. The molecule has 0 aliphatic carbocycles. The van der Waals surface area contributed by atoms with Gasteiger partial charge in [0.1, 0.15) is 5.75 Å². The summed E-state index contributed by atoms with van der Waals surface area (Å²) in [6.07, 6.45) is 3.10. The minimum Gasteiger partial charge on any atom is -0.426 e. The number of anilines is 2. The first-order valence-corrected chi connectivity index (χ1v) is 10.2. The maximum absolute atomic E-state index is 12.2. The number of benzene rings is 2. The van der Waals surface area contributed by atoms with Gasteiger partial charge in [-0.3, -0.25) is 14.8 Å². The lowest BCUT2D eigenvalue weighted by atomic mass is 10.0. The number of nitrogens with zero attached hydrogens (tertiary/aromatic N) is 3. The van der Waals surface area contributed by atoms with Crippen LogP contribution in [0.2, 0.25) is 0 Å². The molecule has 0 fully saturated rings. The van der Waals surface area contributed by atoms with E-state index in [1.807, 2.05) is 38.4 Å². The van der Waals surface area contributed by atoms with Gasteiger partial charge in [0.15, 0.2) is 0 Å². The van der Waals surface area contributed by atoms with E-state index in [9.17, 15) is 4.79 Å². The highest BCUT2D eigenvalue weighted by Crippen LogP contribution is 2.28. The van der Waals surface area contributed by atoms with Gasteiger partial charge in [-0.1, -0.05) is 19.1 Å². The van der Waals surface area contributed by atoms with Gasteiger partial charge in [0.2, 0.25) is 0 Å². The molecule has 2 heterocycles. The number of hydrogen-bond donors (Lipinski definition) is 2. The third-order valence-electron chi connectivity index (χ3n) is 5.29. The number of H-pyrrole nitrogens is 1. The van der Waals surface area contributed by atoms with Gasteiger partial charge < -0.3 is 15.0 Å². The summed E-state index contributed by atoms with van der Waals surface area (Å²) in [6.45, 7) is 3.16. The topological polar surface area (TPSA) is 83.1 Å². The van der Waals surface area contributed by atoms with Crippen molar-refractivity contribution < 1.29 is 4.74 Å². The number of aromatic nitrogens is 3. The van der Waals surface area contributed by atoms with Gasteiger partial charge in [-0.15, -0.1) is 0 Å². The summed E-state index contributed by atoms with van der Waals surface area (Å²) in [4.78, 5) is 25.3. The molecule has 0 radical (unpaired) electrons. The third-order valence-corrected chi connectivity index (χ3v) is 5.29. The van der Waals surface area contributed by atoms with Crippen LogP contribution in [0.1, 0.15) is 18.4 Å². The van der Waals surface area contributed by atoms with E-state index in [0.717, 1.165) is 17.9 Å². The summed E-state index contributed by atoms with van der Waals surface area (Å²) in [5, 5.41) is 3.69. The van der Waals surface area contributed by atoms with Crippen LogP contribution in [0.3, 0.4) is 0 Å². The number of hydrogen-bond acceptors (Lipinski definition) is 6. The average Bonchev–Trinajstić information content (AvgIpc) is 2.79. The fraction of sp³-hybridized carbons (Fsp3) is 0.208. The van der Waals surface area contributed by atoms with Crippen molar-refractivity contribution in [3.05, 3.63) is 82.9 Å². The summed E-state index contributed by atoms with van der Waals surface area (Å²) in [5.74, 6) is 1.05. The second-order valence-corrected chi connectivity index (χ2v) is 7.47. The number of aromatic amines is 1. The molecule has 0 aliphatic rings. The second kappa shape index (κ2) is 8.97. The number of fused-ring (bicyclic) bond motifs is 1. The molecule has 0 amide bonds. The second-order valence-electron chi connectivity index (χ2n) is 7.47. The van der Waals surface area contributed by atoms with Crippen molar-refractivity contribution in [1.29, 1.82) is 0 Å². The highest BCUT2D eigenvalue weighted by Gasteiger charge is 2.09. The monoisotopic (exact) mass is 415 g/mol. The Morgan fingerprint density at radius 3 is 2.42 bits per heavy atom. The van der Waals surface area contributed by atoms with Crippen LogP contribution < -0.4 is 20.5 Å². The summed E-state index contributed by atoms with van der Waals surface area (Å²) in [6, 6.07) is 18.0. The van der Waals surface area contributed by atoms with E-state index in [1.54, 1.807) is 18.5 Å². The van der Waals surface area contributed by atoms with Crippen LogP contribution in [0, 0.1) is 0 Å². The Hall–Kier alpha value is -3.71. The maximum Gasteiger partial charge on any atom is 0.302 e. The zero-order valence-corrected chi connectivity index (χ0v) is 17.8. The summed E-state index contributed by atoms with van der Waals surface area (Å²) in [5.41, 5.74) is 3.66. The van der Waals surface area contributed by atoms with Crippen molar-refractivity contribution in [2.75, 3.05) is 25.5 Å². The van der Waals surface area contributed by atoms with Gasteiger partial charge in [-0.25, -0.2) is 0 Å². The molecule has 0 saturated heterocycles. The third kappa shape index (κ3) is 4.57. The summed E-state index contributed by atoms with van der Waals surface area (Å²) in [7, 11) is 3.99. The Morgan fingerprint density at radius 1 is 1.06 bits per heavy atom. The quantitative estimate of drug-likeness (QED) is 0.471. The number of pyridine rings is 1. The first kappa shape index (κ1) is 20.6. The first-order valence-electron chi connectivity index (χ1n) is 10.2. The predicted molar refractivity (Wildman–Crippen MR) is 124 cm³/mol. The van der Waals surface area contributed by atoms with Gasteiger partial charge in [-0.2, -0.15) is 4.98 Å². The molecule has 7 nitrogen and oxygen atoms in total. The van der Waals surface area contributed by atoms with Gasteiger partial charge in [0.25, 0.3) is 5.56 Å². The number of rotatable bonds is 7. The molecule has 0 aliphatic heterocycles. The maximum atomic E-state index is 12.2. The van der Waals surface area contributed by atoms with Crippen LogP contribution in [0.4, 0.5) is 11.4 Å². The predicted octanol–water partition coefficient (Wildman–Crippen LogP) is 4.20. The molecule has 0 bridgehead atoms. The molecule has 1 atom stereocenters. The molecule has 2 N–H and O–H groups in total. The van der Waals surface area contributed by atoms with E-state index in [1.165, 1.54) is 5.56 Å². The van der Waals surface area contributed by atoms with Crippen LogP contribution in [0.5, 0.6) is 11.8 Å². The molecule has 0 saturated carbocycles. The Morgan fingerprint density at radius 2 is 1.74 bits per heavy atom. The number of ether oxygens (including phenoxy) is 1. The van der Waals surface area contributed by atoms with Crippen LogP contribution >= 0.6 is 0 Å². The Kier molecular flexibility index (Phi) is 5.95. The molecular weight excluding hydrogens is 390 g/mol. The van der Waals surface area contributed by atoms with Crippen LogP contribution in [0.25, 0.3) is 10.9 Å². The highest BCUT2D eigenvalue weighted by molar-refractivity contribution is 5.76. The van der Waals surface area contributed by atoms with Gasteiger partial charge >= 0.3 is 6.01 Å². The molecule has 4 aromatic rings. The summed E-state index contributed by atoms with van der Waals surface area (Å²) < 4.78 is 5.75. The highest BCUT2D eigenvalue weighted by atomic mass is 16.5. The van der Waals surface area contributed by atoms with Gasteiger partial charge in [0, 0.05) is 31.2 Å². The molecule has 31 heavy (non-hydrogen) atoms. The summed E-state index contributed by atoms with van der Waals surface area (Å²) >= 11 is 0.